The third-order valence-corrected chi connectivity index (χ3v) is 4.22. The lowest BCUT2D eigenvalue weighted by molar-refractivity contribution is 0.256. The van der Waals surface area contributed by atoms with Crippen LogP contribution >= 0.6 is 23.2 Å². The van der Waals surface area contributed by atoms with Crippen LogP contribution < -0.4 is 4.90 Å². The first-order chi connectivity index (χ1) is 9.22. The summed E-state index contributed by atoms with van der Waals surface area (Å²) in [6, 6.07) is 7.94. The van der Waals surface area contributed by atoms with Gasteiger partial charge >= 0.3 is 0 Å². The van der Waals surface area contributed by atoms with E-state index in [1.54, 1.807) is 0 Å². The summed E-state index contributed by atoms with van der Waals surface area (Å²) in [4.78, 5) is 4.67. The lowest BCUT2D eigenvalue weighted by Gasteiger charge is -2.36. The number of benzene rings is 1. The van der Waals surface area contributed by atoms with Gasteiger partial charge in [0.2, 0.25) is 0 Å². The molecule has 0 aliphatic carbocycles. The van der Waals surface area contributed by atoms with Crippen molar-refractivity contribution in [1.82, 2.24) is 4.90 Å². The largest absolute Gasteiger partial charge is 0.368 e. The van der Waals surface area contributed by atoms with Gasteiger partial charge in [0.1, 0.15) is 0 Å². The van der Waals surface area contributed by atoms with Gasteiger partial charge in [-0.2, -0.15) is 5.26 Å². The minimum atomic E-state index is 0.607. The second-order valence-corrected chi connectivity index (χ2v) is 5.45. The van der Waals surface area contributed by atoms with E-state index in [2.05, 4.69) is 15.9 Å². The Bertz CT molecular complexity index is 462. The van der Waals surface area contributed by atoms with Crippen LogP contribution in [0.1, 0.15) is 12.8 Å². The van der Waals surface area contributed by atoms with Gasteiger partial charge in [-0.25, -0.2) is 0 Å². The Kier molecular flexibility index (Phi) is 5.33. The summed E-state index contributed by atoms with van der Waals surface area (Å²) in [5, 5.41) is 9.79. The third-order valence-electron chi connectivity index (χ3n) is 3.41. The molecule has 3 nitrogen and oxygen atoms in total. The predicted molar refractivity (Wildman–Crippen MR) is 80.0 cm³/mol. The van der Waals surface area contributed by atoms with Gasteiger partial charge < -0.3 is 4.90 Å². The lowest BCUT2D eigenvalue weighted by Crippen LogP contribution is -2.46. The van der Waals surface area contributed by atoms with Gasteiger partial charge in [-0.05, 0) is 25.1 Å². The Balaban J connectivity index is 1.89. The van der Waals surface area contributed by atoms with Crippen molar-refractivity contribution in [3.05, 3.63) is 28.2 Å². The molecule has 0 unspecified atom stereocenters. The molecule has 19 heavy (non-hydrogen) atoms. The van der Waals surface area contributed by atoms with Crippen LogP contribution in [0.25, 0.3) is 0 Å². The quantitative estimate of drug-likeness (QED) is 0.798. The van der Waals surface area contributed by atoms with E-state index in [4.69, 9.17) is 28.5 Å². The fourth-order valence-electron chi connectivity index (χ4n) is 2.33. The van der Waals surface area contributed by atoms with Crippen LogP contribution in [-0.2, 0) is 0 Å². The first-order valence-corrected chi connectivity index (χ1v) is 7.26. The standard InChI is InChI=1S/C14H17Cl2N3/c15-12-4-3-5-13(14(12)16)19-10-8-18(9-11-19)7-2-1-6-17/h3-5H,1-2,7-11H2. The van der Waals surface area contributed by atoms with Crippen molar-refractivity contribution >= 4 is 28.9 Å². The molecule has 0 saturated carbocycles. The summed E-state index contributed by atoms with van der Waals surface area (Å²) < 4.78 is 0. The molecule has 1 aromatic rings. The van der Waals surface area contributed by atoms with E-state index < -0.39 is 0 Å². The molecule has 0 bridgehead atoms. The van der Waals surface area contributed by atoms with Gasteiger partial charge in [-0.15, -0.1) is 0 Å². The second kappa shape index (κ2) is 7.00. The third kappa shape index (κ3) is 3.76. The minimum Gasteiger partial charge on any atom is -0.368 e. The SMILES string of the molecule is N#CCCCN1CCN(c2cccc(Cl)c2Cl)CC1. The van der Waals surface area contributed by atoms with Crippen LogP contribution in [0.3, 0.4) is 0 Å². The zero-order valence-corrected chi connectivity index (χ0v) is 12.3. The van der Waals surface area contributed by atoms with Crippen molar-refractivity contribution in [2.45, 2.75) is 12.8 Å². The average molecular weight is 298 g/mol. The molecular weight excluding hydrogens is 281 g/mol. The van der Waals surface area contributed by atoms with Crippen LogP contribution in [0.15, 0.2) is 18.2 Å². The molecule has 0 amide bonds. The molecule has 5 heteroatoms. The highest BCUT2D eigenvalue weighted by atomic mass is 35.5. The summed E-state index contributed by atoms with van der Waals surface area (Å²) >= 11 is 12.3. The molecule has 1 aliphatic rings. The molecule has 0 spiro atoms. The molecule has 2 rings (SSSR count). The monoisotopic (exact) mass is 297 g/mol. The molecule has 0 aromatic heterocycles. The Morgan fingerprint density at radius 3 is 2.58 bits per heavy atom. The van der Waals surface area contributed by atoms with Gasteiger partial charge in [0.15, 0.2) is 0 Å². The number of piperazine rings is 1. The minimum absolute atomic E-state index is 0.607. The highest BCUT2D eigenvalue weighted by Crippen LogP contribution is 2.32. The number of hydrogen-bond donors (Lipinski definition) is 0. The summed E-state index contributed by atoms with van der Waals surface area (Å²) in [6.45, 7) is 4.92. The molecule has 0 atom stereocenters. The fourth-order valence-corrected chi connectivity index (χ4v) is 2.75. The first kappa shape index (κ1) is 14.5. The van der Waals surface area contributed by atoms with Crippen LogP contribution in [0.5, 0.6) is 0 Å². The van der Waals surface area contributed by atoms with Crippen LogP contribution in [0.2, 0.25) is 10.0 Å². The number of hydrogen-bond acceptors (Lipinski definition) is 3. The highest BCUT2D eigenvalue weighted by Gasteiger charge is 2.19. The Labute approximate surface area is 124 Å². The van der Waals surface area contributed by atoms with E-state index in [1.807, 2.05) is 18.2 Å². The zero-order chi connectivity index (χ0) is 13.7. The molecule has 0 N–H and O–H groups in total. The topological polar surface area (TPSA) is 30.3 Å². The number of nitriles is 1. The summed E-state index contributed by atoms with van der Waals surface area (Å²) in [6.07, 6.45) is 1.59. The number of anilines is 1. The number of unbranched alkanes of at least 4 members (excludes halogenated alkanes) is 1. The van der Waals surface area contributed by atoms with Crippen molar-refractivity contribution in [1.29, 1.82) is 5.26 Å². The van der Waals surface area contributed by atoms with Crippen molar-refractivity contribution in [2.24, 2.45) is 0 Å². The number of nitrogens with zero attached hydrogens (tertiary/aromatic N) is 3. The number of rotatable bonds is 4. The van der Waals surface area contributed by atoms with Gasteiger partial charge in [0.05, 0.1) is 21.8 Å². The van der Waals surface area contributed by atoms with Crippen LogP contribution in [0, 0.1) is 11.3 Å². The Morgan fingerprint density at radius 2 is 1.89 bits per heavy atom. The summed E-state index contributed by atoms with van der Waals surface area (Å²) in [7, 11) is 0. The van der Waals surface area contributed by atoms with E-state index in [9.17, 15) is 0 Å². The lowest BCUT2D eigenvalue weighted by atomic mass is 10.2. The number of halogens is 2. The van der Waals surface area contributed by atoms with Gasteiger partial charge in [-0.3, -0.25) is 4.90 Å². The maximum Gasteiger partial charge on any atom is 0.0825 e. The molecule has 0 radical (unpaired) electrons. The maximum absolute atomic E-state index is 8.54. The van der Waals surface area contributed by atoms with E-state index in [0.29, 0.717) is 16.5 Å². The van der Waals surface area contributed by atoms with E-state index in [-0.39, 0.29) is 0 Å². The van der Waals surface area contributed by atoms with E-state index in [0.717, 1.165) is 44.8 Å². The van der Waals surface area contributed by atoms with Gasteiger partial charge in [0.25, 0.3) is 0 Å². The summed E-state index contributed by atoms with van der Waals surface area (Å²) in [5.41, 5.74) is 1.02. The molecular formula is C14H17Cl2N3. The van der Waals surface area contributed by atoms with Crippen LogP contribution in [0.4, 0.5) is 5.69 Å². The molecule has 1 aromatic carbocycles. The highest BCUT2D eigenvalue weighted by molar-refractivity contribution is 6.43. The maximum atomic E-state index is 8.54. The normalized spacial score (nSPS) is 16.4. The van der Waals surface area contributed by atoms with Gasteiger partial charge in [-0.1, -0.05) is 29.3 Å². The van der Waals surface area contributed by atoms with E-state index >= 15 is 0 Å². The smallest absolute Gasteiger partial charge is 0.0825 e. The molecule has 102 valence electrons. The first-order valence-electron chi connectivity index (χ1n) is 6.50. The Morgan fingerprint density at radius 1 is 1.16 bits per heavy atom. The zero-order valence-electron chi connectivity index (χ0n) is 10.8. The Hall–Kier alpha value is -0.950. The molecule has 1 fully saturated rings. The van der Waals surface area contributed by atoms with Crippen molar-refractivity contribution in [3.8, 4) is 6.07 Å². The predicted octanol–water partition coefficient (Wildman–Crippen LogP) is 3.42. The van der Waals surface area contributed by atoms with Gasteiger partial charge in [0, 0.05) is 32.6 Å². The molecule has 1 aliphatic heterocycles. The molecule has 1 saturated heterocycles. The van der Waals surface area contributed by atoms with Crippen molar-refractivity contribution in [2.75, 3.05) is 37.6 Å². The summed E-state index contributed by atoms with van der Waals surface area (Å²) in [5.74, 6) is 0. The second-order valence-electron chi connectivity index (χ2n) is 4.66. The molecule has 1 heterocycles. The van der Waals surface area contributed by atoms with E-state index in [1.165, 1.54) is 0 Å². The van der Waals surface area contributed by atoms with Crippen LogP contribution in [-0.4, -0.2) is 37.6 Å². The van der Waals surface area contributed by atoms with Crippen molar-refractivity contribution in [3.63, 3.8) is 0 Å². The average Bonchev–Trinajstić information content (AvgIpc) is 2.43. The van der Waals surface area contributed by atoms with Crippen molar-refractivity contribution < 1.29 is 0 Å². The fraction of sp³-hybridized carbons (Fsp3) is 0.500.